The molecule has 9 nitrogen and oxygen atoms in total. The molecule has 1 unspecified atom stereocenters. The smallest absolute Gasteiger partial charge is 0.315 e. The summed E-state index contributed by atoms with van der Waals surface area (Å²) in [5.41, 5.74) is 2.25. The number of rotatable bonds is 9. The van der Waals surface area contributed by atoms with Gasteiger partial charge in [-0.1, -0.05) is 6.08 Å². The summed E-state index contributed by atoms with van der Waals surface area (Å²) in [6, 6.07) is 6.21. The summed E-state index contributed by atoms with van der Waals surface area (Å²) in [5, 5.41) is 14.7. The number of urea groups is 1. The van der Waals surface area contributed by atoms with Crippen molar-refractivity contribution < 1.29 is 14.6 Å². The molecule has 0 aromatic carbocycles. The molecule has 2 aromatic rings. The van der Waals surface area contributed by atoms with Gasteiger partial charge in [0.25, 0.3) is 0 Å². The molecule has 3 heterocycles. The molecular formula is C26H34N6O3S. The van der Waals surface area contributed by atoms with E-state index < -0.39 is 0 Å². The third-order valence-corrected chi connectivity index (χ3v) is 8.35. The number of hydrogen-bond donors (Lipinski definition) is 3. The van der Waals surface area contributed by atoms with Gasteiger partial charge in [-0.3, -0.25) is 4.98 Å². The van der Waals surface area contributed by atoms with E-state index in [9.17, 15) is 4.79 Å². The molecule has 1 saturated carbocycles. The molecule has 10 heteroatoms. The second-order valence-corrected chi connectivity index (χ2v) is 10.9. The molecule has 2 aromatic heterocycles. The van der Waals surface area contributed by atoms with Gasteiger partial charge in [-0.05, 0) is 56.2 Å². The van der Waals surface area contributed by atoms with Crippen LogP contribution in [-0.2, 0) is 9.48 Å². The molecule has 2 aliphatic carbocycles. The summed E-state index contributed by atoms with van der Waals surface area (Å²) >= 11 is 1.87. The summed E-state index contributed by atoms with van der Waals surface area (Å²) in [7, 11) is 0. The number of pyridine rings is 1. The van der Waals surface area contributed by atoms with E-state index in [0.717, 1.165) is 68.1 Å². The Morgan fingerprint density at radius 2 is 2.03 bits per heavy atom. The Bertz CT molecular complexity index is 1070. The number of nitrogens with zero attached hydrogens (tertiary/aromatic N) is 4. The van der Waals surface area contributed by atoms with E-state index >= 15 is 0 Å². The number of nitrogens with one attached hydrogen (secondary N) is 2. The van der Waals surface area contributed by atoms with Crippen LogP contribution in [0.25, 0.3) is 5.57 Å². The van der Waals surface area contributed by atoms with E-state index in [1.807, 2.05) is 24.2 Å². The van der Waals surface area contributed by atoms with Crippen molar-refractivity contribution in [1.82, 2.24) is 25.6 Å². The van der Waals surface area contributed by atoms with Gasteiger partial charge in [0.15, 0.2) is 5.82 Å². The van der Waals surface area contributed by atoms with Crippen molar-refractivity contribution >= 4 is 29.2 Å². The second-order valence-electron chi connectivity index (χ2n) is 9.49. The third kappa shape index (κ3) is 6.16. The predicted octanol–water partition coefficient (Wildman–Crippen LogP) is 3.11. The fourth-order valence-electron chi connectivity index (χ4n) is 4.61. The van der Waals surface area contributed by atoms with Crippen LogP contribution in [0.5, 0.6) is 0 Å². The zero-order valence-corrected chi connectivity index (χ0v) is 21.3. The number of aliphatic hydroxyl groups is 1. The Labute approximate surface area is 216 Å². The van der Waals surface area contributed by atoms with E-state index in [0.29, 0.717) is 26.2 Å². The number of amides is 2. The van der Waals surface area contributed by atoms with Crippen LogP contribution in [0.2, 0.25) is 0 Å². The standard InChI is InChI=1S/C26H34N6O3S/c33-15-1-10-28-25(34)29-20-4-2-19(3-5-20)24-30-22(18-23(31-24)32-13-16-35-17-14-32)26(8-9-26)36-21-6-11-27-12-7-21/h2,6-7,11-12,18,20,33H,1,3-5,8-10,13-17H2,(H2,28,29,34). The molecule has 192 valence electrons. The number of aliphatic hydroxyl groups excluding tert-OH is 1. The average molecular weight is 511 g/mol. The van der Waals surface area contributed by atoms with E-state index in [1.165, 1.54) is 4.90 Å². The van der Waals surface area contributed by atoms with Crippen molar-refractivity contribution in [3.05, 3.63) is 48.2 Å². The summed E-state index contributed by atoms with van der Waals surface area (Å²) in [5.74, 6) is 1.78. The fourth-order valence-corrected chi connectivity index (χ4v) is 5.83. The van der Waals surface area contributed by atoms with Crippen LogP contribution in [-0.4, -0.2) is 71.6 Å². The molecule has 5 rings (SSSR count). The topological polar surface area (TPSA) is 112 Å². The average Bonchev–Trinajstić information content (AvgIpc) is 3.71. The Hall–Kier alpha value is -2.69. The maximum absolute atomic E-state index is 12.1. The minimum Gasteiger partial charge on any atom is -0.396 e. The van der Waals surface area contributed by atoms with Gasteiger partial charge >= 0.3 is 6.03 Å². The normalized spacial score (nSPS) is 21.0. The summed E-state index contributed by atoms with van der Waals surface area (Å²) in [6.45, 7) is 3.63. The van der Waals surface area contributed by atoms with Gasteiger partial charge in [-0.2, -0.15) is 0 Å². The van der Waals surface area contributed by atoms with Gasteiger partial charge in [0.2, 0.25) is 0 Å². The van der Waals surface area contributed by atoms with Crippen LogP contribution in [0.4, 0.5) is 10.6 Å². The molecular weight excluding hydrogens is 476 g/mol. The lowest BCUT2D eigenvalue weighted by atomic mass is 9.94. The number of carbonyl (C=O) groups is 1. The summed E-state index contributed by atoms with van der Waals surface area (Å²) < 4.78 is 5.55. The molecule has 1 saturated heterocycles. The second kappa shape index (κ2) is 11.6. The highest BCUT2D eigenvalue weighted by Crippen LogP contribution is 2.59. The highest BCUT2D eigenvalue weighted by molar-refractivity contribution is 8.00. The van der Waals surface area contributed by atoms with Gasteiger partial charge in [-0.25, -0.2) is 14.8 Å². The largest absolute Gasteiger partial charge is 0.396 e. The number of allylic oxidation sites excluding steroid dienone is 1. The highest BCUT2D eigenvalue weighted by Gasteiger charge is 2.47. The molecule has 2 amide bonds. The lowest BCUT2D eigenvalue weighted by Crippen LogP contribution is -2.43. The van der Waals surface area contributed by atoms with Crippen LogP contribution in [0.15, 0.2) is 41.6 Å². The van der Waals surface area contributed by atoms with Gasteiger partial charge in [0, 0.05) is 55.6 Å². The van der Waals surface area contributed by atoms with Crippen molar-refractivity contribution in [1.29, 1.82) is 0 Å². The van der Waals surface area contributed by atoms with Gasteiger partial charge in [0.1, 0.15) is 5.82 Å². The lowest BCUT2D eigenvalue weighted by molar-refractivity contribution is 0.122. The van der Waals surface area contributed by atoms with Crippen LogP contribution in [0, 0.1) is 0 Å². The van der Waals surface area contributed by atoms with Crippen molar-refractivity contribution in [3.8, 4) is 0 Å². The van der Waals surface area contributed by atoms with E-state index in [1.54, 1.807) is 0 Å². The zero-order valence-electron chi connectivity index (χ0n) is 20.5. The number of carbonyl (C=O) groups excluding carboxylic acids is 1. The fraction of sp³-hybridized carbons (Fsp3) is 0.538. The molecule has 3 N–H and O–H groups in total. The van der Waals surface area contributed by atoms with E-state index in [-0.39, 0.29) is 23.4 Å². The van der Waals surface area contributed by atoms with Gasteiger partial charge in [0.05, 0.1) is 23.7 Å². The summed E-state index contributed by atoms with van der Waals surface area (Å²) in [4.78, 5) is 29.9. The number of ether oxygens (including phenoxy) is 1. The third-order valence-electron chi connectivity index (χ3n) is 6.84. The van der Waals surface area contributed by atoms with Crippen molar-refractivity contribution in [3.63, 3.8) is 0 Å². The predicted molar refractivity (Wildman–Crippen MR) is 140 cm³/mol. The number of thioether (sulfide) groups is 1. The first-order valence-corrected chi connectivity index (χ1v) is 13.6. The quantitative estimate of drug-likeness (QED) is 0.441. The highest BCUT2D eigenvalue weighted by atomic mass is 32.2. The maximum atomic E-state index is 12.1. The molecule has 1 atom stereocenters. The first-order chi connectivity index (χ1) is 17.6. The van der Waals surface area contributed by atoms with Gasteiger partial charge < -0.3 is 25.4 Å². The number of aromatic nitrogens is 3. The van der Waals surface area contributed by atoms with Crippen LogP contribution in [0.3, 0.4) is 0 Å². The maximum Gasteiger partial charge on any atom is 0.315 e. The summed E-state index contributed by atoms with van der Waals surface area (Å²) in [6.07, 6.45) is 11.0. The Balaban J connectivity index is 1.35. The van der Waals surface area contributed by atoms with Crippen LogP contribution >= 0.6 is 11.8 Å². The molecule has 1 aliphatic heterocycles. The molecule has 0 radical (unpaired) electrons. The van der Waals surface area contributed by atoms with E-state index in [4.69, 9.17) is 19.8 Å². The van der Waals surface area contributed by atoms with Crippen molar-refractivity contribution in [2.24, 2.45) is 0 Å². The number of morpholine rings is 1. The van der Waals surface area contributed by atoms with Crippen LogP contribution < -0.4 is 15.5 Å². The molecule has 0 spiro atoms. The monoisotopic (exact) mass is 510 g/mol. The number of anilines is 1. The molecule has 2 fully saturated rings. The minimum atomic E-state index is -0.179. The van der Waals surface area contributed by atoms with Gasteiger partial charge in [-0.15, -0.1) is 11.8 Å². The van der Waals surface area contributed by atoms with E-state index in [2.05, 4.69) is 44.8 Å². The molecule has 0 bridgehead atoms. The Morgan fingerprint density at radius 1 is 1.22 bits per heavy atom. The number of hydrogen-bond acceptors (Lipinski definition) is 8. The lowest BCUT2D eigenvalue weighted by Gasteiger charge is -2.29. The van der Waals surface area contributed by atoms with Crippen molar-refractivity contribution in [2.45, 2.75) is 54.2 Å². The Kier molecular flexibility index (Phi) is 8.03. The van der Waals surface area contributed by atoms with Crippen LogP contribution in [0.1, 0.15) is 50.0 Å². The SMILES string of the molecule is O=C(NCCCO)NC1CC=C(c2nc(N3CCOCC3)cc(C3(Sc4ccncc4)CC3)n2)CC1. The first-order valence-electron chi connectivity index (χ1n) is 12.8. The molecule has 3 aliphatic rings. The van der Waals surface area contributed by atoms with Crippen molar-refractivity contribution in [2.75, 3.05) is 44.4 Å². The first kappa shape index (κ1) is 25.0. The minimum absolute atomic E-state index is 0.0218. The Morgan fingerprint density at radius 3 is 2.72 bits per heavy atom. The molecule has 36 heavy (non-hydrogen) atoms. The zero-order chi connectivity index (χ0) is 24.8.